The summed E-state index contributed by atoms with van der Waals surface area (Å²) >= 11 is 1.84. The Bertz CT molecular complexity index is 317. The third-order valence-corrected chi connectivity index (χ3v) is 3.32. The van der Waals surface area contributed by atoms with Gasteiger partial charge in [-0.15, -0.1) is 0 Å². The minimum Gasteiger partial charge on any atom is -0.480 e. The SMILES string of the molecule is O=C(O)COCC(=O)NC(=O)NC1CCSCC1. The topological polar surface area (TPSA) is 105 Å². The third kappa shape index (κ3) is 6.45. The van der Waals surface area contributed by atoms with Crippen LogP contribution in [0.4, 0.5) is 4.79 Å². The first-order chi connectivity index (χ1) is 8.58. The number of carboxylic acids is 1. The van der Waals surface area contributed by atoms with Crippen LogP contribution in [-0.4, -0.2) is 53.8 Å². The van der Waals surface area contributed by atoms with Crippen molar-refractivity contribution in [3.8, 4) is 0 Å². The Balaban J connectivity index is 2.14. The van der Waals surface area contributed by atoms with Crippen molar-refractivity contribution in [3.63, 3.8) is 0 Å². The van der Waals surface area contributed by atoms with Gasteiger partial charge in [-0.05, 0) is 24.3 Å². The van der Waals surface area contributed by atoms with Crippen LogP contribution in [0.5, 0.6) is 0 Å². The van der Waals surface area contributed by atoms with E-state index >= 15 is 0 Å². The van der Waals surface area contributed by atoms with Gasteiger partial charge in [0.1, 0.15) is 13.2 Å². The van der Waals surface area contributed by atoms with Gasteiger partial charge in [0.05, 0.1) is 0 Å². The zero-order valence-corrected chi connectivity index (χ0v) is 10.6. The van der Waals surface area contributed by atoms with Crippen molar-refractivity contribution in [1.82, 2.24) is 10.6 Å². The Morgan fingerprint density at radius 3 is 2.50 bits per heavy atom. The predicted octanol–water partition coefficient (Wildman–Crippen LogP) is -0.191. The van der Waals surface area contributed by atoms with E-state index in [0.29, 0.717) is 0 Å². The number of aliphatic carboxylic acids is 1. The summed E-state index contributed by atoms with van der Waals surface area (Å²) in [5.41, 5.74) is 0. The molecule has 0 atom stereocenters. The van der Waals surface area contributed by atoms with E-state index in [1.807, 2.05) is 11.8 Å². The predicted molar refractivity (Wildman–Crippen MR) is 65.5 cm³/mol. The van der Waals surface area contributed by atoms with Gasteiger partial charge in [0.2, 0.25) is 0 Å². The molecule has 1 aliphatic heterocycles. The number of rotatable bonds is 5. The fraction of sp³-hybridized carbons (Fsp3) is 0.700. The zero-order chi connectivity index (χ0) is 13.4. The quantitative estimate of drug-likeness (QED) is 0.643. The third-order valence-electron chi connectivity index (χ3n) is 2.27. The largest absolute Gasteiger partial charge is 0.480 e. The second-order valence-corrected chi connectivity index (χ2v) is 5.02. The number of carbonyl (C=O) groups excluding carboxylic acids is 2. The molecule has 0 aromatic rings. The first-order valence-corrected chi connectivity index (χ1v) is 6.71. The molecule has 1 heterocycles. The maximum atomic E-state index is 11.4. The van der Waals surface area contributed by atoms with E-state index in [1.165, 1.54) is 0 Å². The van der Waals surface area contributed by atoms with Crippen molar-refractivity contribution in [2.45, 2.75) is 18.9 Å². The Labute approximate surface area is 109 Å². The highest BCUT2D eigenvalue weighted by Crippen LogP contribution is 2.16. The first kappa shape index (κ1) is 14.8. The number of carbonyl (C=O) groups is 3. The summed E-state index contributed by atoms with van der Waals surface area (Å²) in [4.78, 5) is 32.7. The minimum atomic E-state index is -1.16. The van der Waals surface area contributed by atoms with Gasteiger partial charge < -0.3 is 15.2 Å². The van der Waals surface area contributed by atoms with Crippen molar-refractivity contribution in [3.05, 3.63) is 0 Å². The molecule has 1 rings (SSSR count). The maximum absolute atomic E-state index is 11.4. The van der Waals surface area contributed by atoms with E-state index in [0.717, 1.165) is 24.3 Å². The van der Waals surface area contributed by atoms with Crippen LogP contribution in [0.25, 0.3) is 0 Å². The van der Waals surface area contributed by atoms with Gasteiger partial charge in [-0.3, -0.25) is 10.1 Å². The number of imide groups is 1. The van der Waals surface area contributed by atoms with Gasteiger partial charge in [0, 0.05) is 6.04 Å². The summed E-state index contributed by atoms with van der Waals surface area (Å²) in [5.74, 6) is 0.187. The molecule has 7 nitrogen and oxygen atoms in total. The molecule has 3 N–H and O–H groups in total. The fourth-order valence-corrected chi connectivity index (χ4v) is 2.56. The second-order valence-electron chi connectivity index (χ2n) is 3.79. The van der Waals surface area contributed by atoms with Crippen molar-refractivity contribution in [2.24, 2.45) is 0 Å². The van der Waals surface area contributed by atoms with Gasteiger partial charge in [-0.1, -0.05) is 0 Å². The number of urea groups is 1. The molecule has 1 fully saturated rings. The monoisotopic (exact) mass is 276 g/mol. The summed E-state index contributed by atoms with van der Waals surface area (Å²) in [5, 5.41) is 13.1. The summed E-state index contributed by atoms with van der Waals surface area (Å²) in [7, 11) is 0. The molecule has 18 heavy (non-hydrogen) atoms. The van der Waals surface area contributed by atoms with Gasteiger partial charge >= 0.3 is 12.0 Å². The summed E-state index contributed by atoms with van der Waals surface area (Å²) in [6.07, 6.45) is 1.78. The lowest BCUT2D eigenvalue weighted by Gasteiger charge is -2.22. The first-order valence-electron chi connectivity index (χ1n) is 5.55. The molecule has 0 spiro atoms. The minimum absolute atomic E-state index is 0.0963. The highest BCUT2D eigenvalue weighted by molar-refractivity contribution is 7.99. The van der Waals surface area contributed by atoms with Crippen molar-refractivity contribution in [1.29, 1.82) is 0 Å². The molecule has 0 aromatic heterocycles. The molecule has 0 bridgehead atoms. The molecule has 0 unspecified atom stereocenters. The maximum Gasteiger partial charge on any atom is 0.329 e. The lowest BCUT2D eigenvalue weighted by molar-refractivity contribution is -0.143. The molecule has 0 radical (unpaired) electrons. The average molecular weight is 276 g/mol. The van der Waals surface area contributed by atoms with Crippen molar-refractivity contribution in [2.75, 3.05) is 24.7 Å². The van der Waals surface area contributed by atoms with E-state index < -0.39 is 31.1 Å². The van der Waals surface area contributed by atoms with Crippen LogP contribution in [0.2, 0.25) is 0 Å². The van der Waals surface area contributed by atoms with Crippen LogP contribution in [0.15, 0.2) is 0 Å². The molecule has 3 amide bonds. The van der Waals surface area contributed by atoms with Crippen LogP contribution in [0.3, 0.4) is 0 Å². The van der Waals surface area contributed by atoms with Gasteiger partial charge in [0.15, 0.2) is 0 Å². The molecule has 0 aromatic carbocycles. The number of ether oxygens (including phenoxy) is 1. The highest BCUT2D eigenvalue weighted by Gasteiger charge is 2.17. The van der Waals surface area contributed by atoms with Crippen LogP contribution >= 0.6 is 11.8 Å². The Hall–Kier alpha value is -1.28. The smallest absolute Gasteiger partial charge is 0.329 e. The second kappa shape index (κ2) is 7.93. The molecule has 102 valence electrons. The van der Waals surface area contributed by atoms with E-state index in [9.17, 15) is 14.4 Å². The van der Waals surface area contributed by atoms with Gasteiger partial charge in [-0.2, -0.15) is 11.8 Å². The number of amides is 3. The van der Waals surface area contributed by atoms with Crippen LogP contribution < -0.4 is 10.6 Å². The molecule has 0 saturated carbocycles. The molecule has 0 aliphatic carbocycles. The average Bonchev–Trinajstić information content (AvgIpc) is 2.29. The van der Waals surface area contributed by atoms with Crippen molar-refractivity contribution >= 4 is 29.7 Å². The normalized spacial score (nSPS) is 16.0. The summed E-state index contributed by atoms with van der Waals surface area (Å²) in [6, 6.07) is -0.463. The van der Waals surface area contributed by atoms with Crippen molar-refractivity contribution < 1.29 is 24.2 Å². The van der Waals surface area contributed by atoms with Crippen LogP contribution in [0.1, 0.15) is 12.8 Å². The van der Waals surface area contributed by atoms with Gasteiger partial charge in [-0.25, -0.2) is 9.59 Å². The number of hydrogen-bond donors (Lipinski definition) is 3. The molecule has 8 heteroatoms. The van der Waals surface area contributed by atoms with E-state index in [2.05, 4.69) is 15.4 Å². The number of carboxylic acid groups (broad SMARTS) is 1. The molecular formula is C10H16N2O5S. The highest BCUT2D eigenvalue weighted by atomic mass is 32.2. The molecule has 1 saturated heterocycles. The molecule has 1 aliphatic rings. The Morgan fingerprint density at radius 1 is 1.22 bits per heavy atom. The standard InChI is InChI=1S/C10H16N2O5S/c13-8(5-17-6-9(14)15)12-10(16)11-7-1-3-18-4-2-7/h7H,1-6H2,(H,14,15)(H2,11,12,13,16). The summed E-state index contributed by atoms with van der Waals surface area (Å²) in [6.45, 7) is -1.00. The van der Waals surface area contributed by atoms with Gasteiger partial charge in [0.25, 0.3) is 5.91 Å². The Kier molecular flexibility index (Phi) is 6.51. The van der Waals surface area contributed by atoms with Crippen LogP contribution in [0, 0.1) is 0 Å². The summed E-state index contributed by atoms with van der Waals surface area (Å²) < 4.78 is 4.55. The zero-order valence-electron chi connectivity index (χ0n) is 9.81. The Morgan fingerprint density at radius 2 is 1.89 bits per heavy atom. The van der Waals surface area contributed by atoms with Crippen LogP contribution in [-0.2, 0) is 14.3 Å². The lowest BCUT2D eigenvalue weighted by atomic mass is 10.2. The number of nitrogens with one attached hydrogen (secondary N) is 2. The molecular weight excluding hydrogens is 260 g/mol. The number of hydrogen-bond acceptors (Lipinski definition) is 5. The van der Waals surface area contributed by atoms with E-state index in [1.54, 1.807) is 0 Å². The lowest BCUT2D eigenvalue weighted by Crippen LogP contribution is -2.46. The van der Waals surface area contributed by atoms with E-state index in [4.69, 9.17) is 5.11 Å². The van der Waals surface area contributed by atoms with E-state index in [-0.39, 0.29) is 6.04 Å². The fourth-order valence-electron chi connectivity index (χ4n) is 1.46. The number of thioether (sulfide) groups is 1.